The Morgan fingerprint density at radius 1 is 0.946 bits per heavy atom. The SMILES string of the molecule is COc1ccc(OC)c(NC(=O)c2ccc(CSc3nnc(NC(=O)C=Cc4ccccc4)s3)cc2)c1. The fourth-order valence-corrected chi connectivity index (χ4v) is 4.92. The third-order valence-corrected chi connectivity index (χ3v) is 7.14. The second-order valence-corrected chi connectivity index (χ2v) is 9.81. The van der Waals surface area contributed by atoms with Crippen LogP contribution >= 0.6 is 23.1 Å². The molecule has 0 unspecified atom stereocenters. The van der Waals surface area contributed by atoms with Gasteiger partial charge in [0.1, 0.15) is 11.5 Å². The molecule has 0 atom stereocenters. The summed E-state index contributed by atoms with van der Waals surface area (Å²) in [5, 5.41) is 14.2. The van der Waals surface area contributed by atoms with Gasteiger partial charge >= 0.3 is 0 Å². The van der Waals surface area contributed by atoms with Crippen LogP contribution in [0.5, 0.6) is 11.5 Å². The summed E-state index contributed by atoms with van der Waals surface area (Å²) in [5.74, 6) is 1.28. The van der Waals surface area contributed by atoms with Crippen molar-refractivity contribution in [1.29, 1.82) is 0 Å². The predicted octanol–water partition coefficient (Wildman–Crippen LogP) is 5.75. The van der Waals surface area contributed by atoms with Crippen LogP contribution in [0.4, 0.5) is 10.8 Å². The summed E-state index contributed by atoms with van der Waals surface area (Å²) < 4.78 is 11.3. The normalized spacial score (nSPS) is 10.8. The van der Waals surface area contributed by atoms with Crippen molar-refractivity contribution in [1.82, 2.24) is 10.2 Å². The van der Waals surface area contributed by atoms with Crippen LogP contribution < -0.4 is 20.1 Å². The molecule has 2 amide bonds. The molecule has 0 saturated heterocycles. The Morgan fingerprint density at radius 3 is 2.46 bits per heavy atom. The molecule has 0 fully saturated rings. The number of hydrogen-bond acceptors (Lipinski definition) is 8. The summed E-state index contributed by atoms with van der Waals surface area (Å²) in [5.41, 5.74) is 3.01. The highest BCUT2D eigenvalue weighted by molar-refractivity contribution is 8.00. The molecule has 2 N–H and O–H groups in total. The van der Waals surface area contributed by atoms with E-state index in [-0.39, 0.29) is 11.8 Å². The van der Waals surface area contributed by atoms with Gasteiger partial charge in [-0.15, -0.1) is 10.2 Å². The van der Waals surface area contributed by atoms with Crippen LogP contribution in [-0.2, 0) is 10.5 Å². The van der Waals surface area contributed by atoms with E-state index in [1.54, 1.807) is 50.6 Å². The number of ether oxygens (including phenoxy) is 2. The Hall–Kier alpha value is -4.15. The first-order valence-electron chi connectivity index (χ1n) is 11.2. The van der Waals surface area contributed by atoms with Crippen LogP contribution in [0.1, 0.15) is 21.5 Å². The van der Waals surface area contributed by atoms with E-state index >= 15 is 0 Å². The third kappa shape index (κ3) is 7.42. The minimum atomic E-state index is -0.267. The number of nitrogens with one attached hydrogen (secondary N) is 2. The number of amides is 2. The van der Waals surface area contributed by atoms with Crippen LogP contribution in [0.15, 0.2) is 83.2 Å². The molecule has 4 rings (SSSR count). The van der Waals surface area contributed by atoms with Crippen molar-refractivity contribution in [3.63, 3.8) is 0 Å². The maximum Gasteiger partial charge on any atom is 0.255 e. The zero-order chi connectivity index (χ0) is 26.0. The van der Waals surface area contributed by atoms with Gasteiger partial charge in [-0.25, -0.2) is 0 Å². The van der Waals surface area contributed by atoms with Crippen molar-refractivity contribution in [2.45, 2.75) is 10.1 Å². The summed E-state index contributed by atoms with van der Waals surface area (Å²) in [7, 11) is 3.11. The number of nitrogens with zero attached hydrogens (tertiary/aromatic N) is 2. The molecular weight excluding hydrogens is 508 g/mol. The molecule has 3 aromatic carbocycles. The topological polar surface area (TPSA) is 102 Å². The smallest absolute Gasteiger partial charge is 0.255 e. The molecular formula is C27H24N4O4S2. The van der Waals surface area contributed by atoms with Crippen LogP contribution in [0.2, 0.25) is 0 Å². The Kier molecular flexibility index (Phi) is 8.90. The van der Waals surface area contributed by atoms with Gasteiger partial charge in [-0.05, 0) is 41.5 Å². The van der Waals surface area contributed by atoms with E-state index in [0.29, 0.717) is 33.6 Å². The highest BCUT2D eigenvalue weighted by atomic mass is 32.2. The molecule has 4 aromatic rings. The van der Waals surface area contributed by atoms with Crippen LogP contribution in [0.25, 0.3) is 6.08 Å². The highest BCUT2D eigenvalue weighted by Gasteiger charge is 2.12. The maximum absolute atomic E-state index is 12.7. The molecule has 8 nitrogen and oxygen atoms in total. The predicted molar refractivity (Wildman–Crippen MR) is 148 cm³/mol. The van der Waals surface area contributed by atoms with Gasteiger partial charge < -0.3 is 14.8 Å². The summed E-state index contributed by atoms with van der Waals surface area (Å²) in [6.45, 7) is 0. The Balaban J connectivity index is 1.29. The van der Waals surface area contributed by atoms with E-state index in [2.05, 4.69) is 20.8 Å². The summed E-state index contributed by atoms with van der Waals surface area (Å²) >= 11 is 2.81. The first kappa shape index (κ1) is 25.9. The van der Waals surface area contributed by atoms with E-state index in [9.17, 15) is 9.59 Å². The van der Waals surface area contributed by atoms with Crippen molar-refractivity contribution < 1.29 is 19.1 Å². The summed E-state index contributed by atoms with van der Waals surface area (Å²) in [6, 6.07) is 22.1. The molecule has 0 radical (unpaired) electrons. The third-order valence-electron chi connectivity index (χ3n) is 5.10. The summed E-state index contributed by atoms with van der Waals surface area (Å²) in [6.07, 6.45) is 3.20. The van der Waals surface area contributed by atoms with Crippen molar-refractivity contribution in [3.8, 4) is 11.5 Å². The zero-order valence-electron chi connectivity index (χ0n) is 20.1. The molecule has 0 aliphatic rings. The lowest BCUT2D eigenvalue weighted by atomic mass is 10.1. The number of methoxy groups -OCH3 is 2. The van der Waals surface area contributed by atoms with Crippen molar-refractivity contribution in [2.75, 3.05) is 24.9 Å². The van der Waals surface area contributed by atoms with Crippen molar-refractivity contribution in [3.05, 3.63) is 95.6 Å². The van der Waals surface area contributed by atoms with Gasteiger partial charge in [0, 0.05) is 23.5 Å². The standard InChI is InChI=1S/C27H24N4O4S2/c1-34-21-13-14-23(35-2)22(16-21)28-25(33)20-11-8-19(9-12-20)17-36-27-31-30-26(37-27)29-24(32)15-10-18-6-4-3-5-7-18/h3-16H,17H2,1-2H3,(H,28,33)(H,29,30,32). The molecule has 1 heterocycles. The summed E-state index contributed by atoms with van der Waals surface area (Å²) in [4.78, 5) is 24.9. The van der Waals surface area contributed by atoms with Crippen LogP contribution in [0.3, 0.4) is 0 Å². The van der Waals surface area contributed by atoms with Gasteiger partial charge in [0.25, 0.3) is 5.91 Å². The number of rotatable bonds is 10. The minimum Gasteiger partial charge on any atom is -0.497 e. The number of carbonyl (C=O) groups excluding carboxylic acids is 2. The molecule has 37 heavy (non-hydrogen) atoms. The second-order valence-electron chi connectivity index (χ2n) is 7.61. The van der Waals surface area contributed by atoms with Gasteiger partial charge in [-0.2, -0.15) is 0 Å². The molecule has 0 bridgehead atoms. The van der Waals surface area contributed by atoms with Gasteiger partial charge in [0.2, 0.25) is 11.0 Å². The lowest BCUT2D eigenvalue weighted by Gasteiger charge is -2.12. The Morgan fingerprint density at radius 2 is 1.73 bits per heavy atom. The number of anilines is 2. The Labute approximate surface area is 222 Å². The maximum atomic E-state index is 12.7. The first-order chi connectivity index (χ1) is 18.0. The molecule has 188 valence electrons. The zero-order valence-corrected chi connectivity index (χ0v) is 21.8. The molecule has 0 aliphatic carbocycles. The number of thioether (sulfide) groups is 1. The fourth-order valence-electron chi connectivity index (χ4n) is 3.21. The number of carbonyl (C=O) groups is 2. The molecule has 0 spiro atoms. The van der Waals surface area contributed by atoms with Crippen LogP contribution in [-0.4, -0.2) is 36.2 Å². The Bertz CT molecular complexity index is 1390. The minimum absolute atomic E-state index is 0.253. The molecule has 0 saturated carbocycles. The monoisotopic (exact) mass is 532 g/mol. The highest BCUT2D eigenvalue weighted by Crippen LogP contribution is 2.30. The number of benzene rings is 3. The first-order valence-corrected chi connectivity index (χ1v) is 13.0. The van der Waals surface area contributed by atoms with Crippen LogP contribution in [0, 0.1) is 0 Å². The average molecular weight is 533 g/mol. The number of hydrogen-bond donors (Lipinski definition) is 2. The van der Waals surface area contributed by atoms with Crippen molar-refractivity contribution in [2.24, 2.45) is 0 Å². The van der Waals surface area contributed by atoms with Gasteiger partial charge in [-0.1, -0.05) is 65.6 Å². The molecule has 1 aromatic heterocycles. The van der Waals surface area contributed by atoms with E-state index in [0.717, 1.165) is 15.5 Å². The second kappa shape index (κ2) is 12.7. The van der Waals surface area contributed by atoms with E-state index in [4.69, 9.17) is 9.47 Å². The lowest BCUT2D eigenvalue weighted by Crippen LogP contribution is -2.12. The van der Waals surface area contributed by atoms with E-state index in [1.807, 2.05) is 42.5 Å². The van der Waals surface area contributed by atoms with Crippen molar-refractivity contribution >= 4 is 51.8 Å². The number of aromatic nitrogens is 2. The average Bonchev–Trinajstić information content (AvgIpc) is 3.38. The van der Waals surface area contributed by atoms with Gasteiger partial charge in [0.05, 0.1) is 19.9 Å². The molecule has 0 aliphatic heterocycles. The van der Waals surface area contributed by atoms with Gasteiger partial charge in [0.15, 0.2) is 4.34 Å². The quantitative estimate of drug-likeness (QED) is 0.152. The largest absolute Gasteiger partial charge is 0.497 e. The molecule has 10 heteroatoms. The lowest BCUT2D eigenvalue weighted by molar-refractivity contribution is -0.111. The van der Waals surface area contributed by atoms with E-state index < -0.39 is 0 Å². The van der Waals surface area contributed by atoms with E-state index in [1.165, 1.54) is 29.2 Å². The fraction of sp³-hybridized carbons (Fsp3) is 0.111. The van der Waals surface area contributed by atoms with Gasteiger partial charge in [-0.3, -0.25) is 14.9 Å².